The molecule has 0 fully saturated rings. The van der Waals surface area contributed by atoms with Gasteiger partial charge in [0.05, 0.1) is 5.56 Å². The monoisotopic (exact) mass is 546 g/mol. The summed E-state index contributed by atoms with van der Waals surface area (Å²) in [7, 11) is -3.71. The van der Waals surface area contributed by atoms with Gasteiger partial charge in [-0.15, -0.1) is 0 Å². The molecule has 0 heterocycles. The number of ether oxygens (including phenoxy) is 1. The molecule has 0 aliphatic heterocycles. The molecule has 0 saturated heterocycles. The highest BCUT2D eigenvalue weighted by Gasteiger charge is 2.26. The van der Waals surface area contributed by atoms with Gasteiger partial charge in [0.1, 0.15) is 28.9 Å². The zero-order valence-electron chi connectivity index (χ0n) is 17.4. The summed E-state index contributed by atoms with van der Waals surface area (Å²) in [5.74, 6) is 1.79. The molecular formula is C21H28ClIO3Si2. The molecule has 0 spiro atoms. The lowest BCUT2D eigenvalue weighted by Gasteiger charge is -2.27. The molecule has 0 amide bonds. The van der Waals surface area contributed by atoms with E-state index in [1.54, 1.807) is 0 Å². The Morgan fingerprint density at radius 1 is 1.04 bits per heavy atom. The standard InChI is InChI=1S/C21H28ClIO3Si2/c1-15(25-27(2,3)4)18-11-12-19(20(22)21(18)26-28(5,6)7)24-14-16-9-8-10-17(23)13-16/h8-13H,1,14H2,2-7H3. The largest absolute Gasteiger partial charge is 0.544 e. The van der Waals surface area contributed by atoms with Crippen molar-refractivity contribution in [2.24, 2.45) is 0 Å². The molecular weight excluding hydrogens is 519 g/mol. The van der Waals surface area contributed by atoms with Gasteiger partial charge in [-0.3, -0.25) is 0 Å². The van der Waals surface area contributed by atoms with Crippen LogP contribution >= 0.6 is 34.2 Å². The van der Waals surface area contributed by atoms with Crippen molar-refractivity contribution >= 4 is 56.6 Å². The smallest absolute Gasteiger partial charge is 0.242 e. The van der Waals surface area contributed by atoms with Crippen LogP contribution in [0.3, 0.4) is 0 Å². The SMILES string of the molecule is C=C(O[Si](C)(C)C)c1ccc(OCc2cccc(I)c2)c(Cl)c1O[Si](C)(C)C. The molecule has 0 bridgehead atoms. The van der Waals surface area contributed by atoms with Crippen LogP contribution in [0.15, 0.2) is 43.0 Å². The molecule has 0 aliphatic rings. The summed E-state index contributed by atoms with van der Waals surface area (Å²) in [5.41, 5.74) is 1.88. The molecule has 152 valence electrons. The predicted molar refractivity (Wildman–Crippen MR) is 132 cm³/mol. The van der Waals surface area contributed by atoms with E-state index in [0.29, 0.717) is 28.9 Å². The lowest BCUT2D eigenvalue weighted by atomic mass is 10.1. The van der Waals surface area contributed by atoms with Crippen LogP contribution in [0.4, 0.5) is 0 Å². The van der Waals surface area contributed by atoms with Crippen LogP contribution in [0.25, 0.3) is 5.76 Å². The van der Waals surface area contributed by atoms with Gasteiger partial charge < -0.3 is 13.6 Å². The first-order valence-electron chi connectivity index (χ1n) is 9.13. The molecule has 2 rings (SSSR count). The van der Waals surface area contributed by atoms with Gasteiger partial charge in [0.2, 0.25) is 16.6 Å². The minimum atomic E-state index is -1.91. The Morgan fingerprint density at radius 3 is 2.29 bits per heavy atom. The molecule has 0 unspecified atom stereocenters. The topological polar surface area (TPSA) is 27.7 Å². The van der Waals surface area contributed by atoms with E-state index >= 15 is 0 Å². The summed E-state index contributed by atoms with van der Waals surface area (Å²) in [6.45, 7) is 17.3. The Labute approximate surface area is 189 Å². The van der Waals surface area contributed by atoms with E-state index in [1.165, 1.54) is 3.57 Å². The second-order valence-electron chi connectivity index (χ2n) is 8.53. The quantitative estimate of drug-likeness (QED) is 0.194. The van der Waals surface area contributed by atoms with Crippen LogP contribution in [0.5, 0.6) is 11.5 Å². The van der Waals surface area contributed by atoms with Crippen molar-refractivity contribution in [1.82, 2.24) is 0 Å². The summed E-state index contributed by atoms with van der Waals surface area (Å²) in [6, 6.07) is 12.0. The Bertz CT molecular complexity index is 858. The maximum absolute atomic E-state index is 6.72. The second-order valence-corrected chi connectivity index (χ2v) is 19.0. The zero-order valence-corrected chi connectivity index (χ0v) is 22.3. The molecule has 3 nitrogen and oxygen atoms in total. The Balaban J connectivity index is 2.35. The minimum Gasteiger partial charge on any atom is -0.544 e. The average Bonchev–Trinajstić information content (AvgIpc) is 2.52. The van der Waals surface area contributed by atoms with Crippen molar-refractivity contribution in [1.29, 1.82) is 0 Å². The molecule has 0 saturated carbocycles. The number of hydrogen-bond donors (Lipinski definition) is 0. The van der Waals surface area contributed by atoms with Gasteiger partial charge in [-0.2, -0.15) is 0 Å². The number of halogens is 2. The summed E-state index contributed by atoms with van der Waals surface area (Å²) < 4.78 is 19.6. The van der Waals surface area contributed by atoms with E-state index in [0.717, 1.165) is 11.1 Å². The number of hydrogen-bond acceptors (Lipinski definition) is 3. The summed E-state index contributed by atoms with van der Waals surface area (Å²) in [4.78, 5) is 0. The Hall–Kier alpha value is -0.966. The Kier molecular flexibility index (Phi) is 7.69. The molecule has 0 aliphatic carbocycles. The van der Waals surface area contributed by atoms with Crippen molar-refractivity contribution < 1.29 is 13.6 Å². The highest BCUT2D eigenvalue weighted by atomic mass is 127. The highest BCUT2D eigenvalue weighted by Crippen LogP contribution is 2.42. The number of rotatable bonds is 8. The van der Waals surface area contributed by atoms with E-state index in [9.17, 15) is 0 Å². The van der Waals surface area contributed by atoms with E-state index < -0.39 is 16.6 Å². The Morgan fingerprint density at radius 2 is 1.71 bits per heavy atom. The molecule has 7 heteroatoms. The first-order valence-corrected chi connectivity index (χ1v) is 17.4. The third-order valence-corrected chi connectivity index (χ3v) is 6.19. The van der Waals surface area contributed by atoms with Crippen molar-refractivity contribution in [3.8, 4) is 11.5 Å². The normalized spacial score (nSPS) is 11.9. The summed E-state index contributed by atoms with van der Waals surface area (Å²) in [5, 5.41) is 0.464. The van der Waals surface area contributed by atoms with E-state index in [-0.39, 0.29) is 0 Å². The van der Waals surface area contributed by atoms with Crippen LogP contribution in [-0.4, -0.2) is 16.6 Å². The molecule has 0 atom stereocenters. The molecule has 28 heavy (non-hydrogen) atoms. The van der Waals surface area contributed by atoms with Crippen molar-refractivity contribution in [2.45, 2.75) is 45.9 Å². The molecule has 0 radical (unpaired) electrons. The van der Waals surface area contributed by atoms with Crippen LogP contribution in [0.2, 0.25) is 44.3 Å². The third kappa shape index (κ3) is 7.13. The predicted octanol–water partition coefficient (Wildman–Crippen LogP) is 7.56. The fraction of sp³-hybridized carbons (Fsp3) is 0.333. The molecule has 0 N–H and O–H groups in total. The van der Waals surface area contributed by atoms with Crippen molar-refractivity contribution in [2.75, 3.05) is 0 Å². The second kappa shape index (κ2) is 9.23. The zero-order chi connectivity index (χ0) is 21.1. The maximum atomic E-state index is 6.72. The van der Waals surface area contributed by atoms with Crippen LogP contribution < -0.4 is 9.16 Å². The van der Waals surface area contributed by atoms with Gasteiger partial charge in [0.25, 0.3) is 0 Å². The fourth-order valence-electron chi connectivity index (χ4n) is 2.49. The van der Waals surface area contributed by atoms with Crippen molar-refractivity contribution in [3.63, 3.8) is 0 Å². The van der Waals surface area contributed by atoms with E-state index in [1.807, 2.05) is 24.3 Å². The minimum absolute atomic E-state index is 0.439. The van der Waals surface area contributed by atoms with Gasteiger partial charge in [0.15, 0.2) is 0 Å². The average molecular weight is 547 g/mol. The first-order chi connectivity index (χ1) is 12.9. The van der Waals surface area contributed by atoms with Crippen molar-refractivity contribution in [3.05, 3.63) is 62.7 Å². The van der Waals surface area contributed by atoms with Gasteiger partial charge in [-0.05, 0) is 91.7 Å². The van der Waals surface area contributed by atoms with E-state index in [4.69, 9.17) is 25.2 Å². The van der Waals surface area contributed by atoms with Gasteiger partial charge in [0, 0.05) is 3.57 Å². The van der Waals surface area contributed by atoms with Gasteiger partial charge >= 0.3 is 0 Å². The number of benzene rings is 2. The van der Waals surface area contributed by atoms with Crippen LogP contribution in [-0.2, 0) is 11.0 Å². The molecule has 2 aromatic rings. The van der Waals surface area contributed by atoms with Gasteiger partial charge in [-0.1, -0.05) is 30.3 Å². The lowest BCUT2D eigenvalue weighted by Crippen LogP contribution is -2.30. The molecule has 0 aromatic heterocycles. The molecule has 2 aromatic carbocycles. The summed E-state index contributed by atoms with van der Waals surface area (Å²) >= 11 is 9.01. The fourth-order valence-corrected chi connectivity index (χ4v) is 5.09. The van der Waals surface area contributed by atoms with Crippen LogP contribution in [0.1, 0.15) is 11.1 Å². The van der Waals surface area contributed by atoms with E-state index in [2.05, 4.69) is 80.6 Å². The maximum Gasteiger partial charge on any atom is 0.242 e. The van der Waals surface area contributed by atoms with Gasteiger partial charge in [-0.25, -0.2) is 0 Å². The first kappa shape index (κ1) is 23.3. The lowest BCUT2D eigenvalue weighted by molar-refractivity contribution is 0.305. The highest BCUT2D eigenvalue weighted by molar-refractivity contribution is 14.1. The third-order valence-electron chi connectivity index (χ3n) is 3.48. The van der Waals surface area contributed by atoms with Crippen LogP contribution in [0, 0.1) is 3.57 Å². The summed E-state index contributed by atoms with van der Waals surface area (Å²) in [6.07, 6.45) is 0.